The second kappa shape index (κ2) is 8.36. The highest BCUT2D eigenvalue weighted by Crippen LogP contribution is 2.25. The maximum atomic E-state index is 5.62. The van der Waals surface area contributed by atoms with Gasteiger partial charge >= 0.3 is 0 Å². The van der Waals surface area contributed by atoms with Gasteiger partial charge in [-0.15, -0.1) is 0 Å². The van der Waals surface area contributed by atoms with Gasteiger partial charge in [-0.05, 0) is 36.7 Å². The molecule has 1 aliphatic rings. The fourth-order valence-corrected chi connectivity index (χ4v) is 2.98. The Kier molecular flexibility index (Phi) is 6.46. The molecule has 1 aliphatic heterocycles. The monoisotopic (exact) mass is 332 g/mol. The summed E-state index contributed by atoms with van der Waals surface area (Å²) in [5, 5.41) is 8.52. The second-order valence-electron chi connectivity index (χ2n) is 7.06. The van der Waals surface area contributed by atoms with E-state index >= 15 is 0 Å². The SMILES string of the molecule is CC(C)c1cnn2c1CCC2.CCCOc1c(C(C)C)cnn1C. The molecule has 0 aliphatic carbocycles. The van der Waals surface area contributed by atoms with Crippen LogP contribution in [0.5, 0.6) is 5.88 Å². The Labute approximate surface area is 146 Å². The topological polar surface area (TPSA) is 44.9 Å². The third-order valence-electron chi connectivity index (χ3n) is 4.36. The van der Waals surface area contributed by atoms with E-state index in [2.05, 4.69) is 49.5 Å². The highest BCUT2D eigenvalue weighted by molar-refractivity contribution is 5.27. The van der Waals surface area contributed by atoms with Crippen LogP contribution in [0.3, 0.4) is 0 Å². The quantitative estimate of drug-likeness (QED) is 0.820. The Hall–Kier alpha value is -1.78. The van der Waals surface area contributed by atoms with Crippen molar-refractivity contribution in [3.63, 3.8) is 0 Å². The van der Waals surface area contributed by atoms with Crippen LogP contribution in [-0.4, -0.2) is 26.2 Å². The summed E-state index contributed by atoms with van der Waals surface area (Å²) >= 11 is 0. The highest BCUT2D eigenvalue weighted by atomic mass is 16.5. The summed E-state index contributed by atoms with van der Waals surface area (Å²) < 4.78 is 9.56. The van der Waals surface area contributed by atoms with Crippen molar-refractivity contribution in [2.45, 2.75) is 72.3 Å². The third kappa shape index (κ3) is 4.19. The third-order valence-corrected chi connectivity index (χ3v) is 4.36. The number of nitrogens with zero attached hydrogens (tertiary/aromatic N) is 4. The van der Waals surface area contributed by atoms with Crippen molar-refractivity contribution in [1.29, 1.82) is 0 Å². The Morgan fingerprint density at radius 2 is 1.75 bits per heavy atom. The second-order valence-corrected chi connectivity index (χ2v) is 7.06. The molecule has 5 nitrogen and oxygen atoms in total. The molecule has 0 N–H and O–H groups in total. The van der Waals surface area contributed by atoms with E-state index in [0.29, 0.717) is 11.8 Å². The number of aromatic nitrogens is 4. The molecule has 0 saturated heterocycles. The number of ether oxygens (including phenoxy) is 1. The van der Waals surface area contributed by atoms with Crippen LogP contribution < -0.4 is 4.74 Å². The molecule has 0 aromatic carbocycles. The summed E-state index contributed by atoms with van der Waals surface area (Å²) in [6, 6.07) is 0. The Bertz CT molecular complexity index is 640. The fourth-order valence-electron chi connectivity index (χ4n) is 2.98. The van der Waals surface area contributed by atoms with E-state index in [-0.39, 0.29) is 0 Å². The lowest BCUT2D eigenvalue weighted by Gasteiger charge is -2.09. The molecule has 0 amide bonds. The van der Waals surface area contributed by atoms with E-state index in [1.807, 2.05) is 19.4 Å². The van der Waals surface area contributed by atoms with Crippen molar-refractivity contribution in [3.8, 4) is 5.88 Å². The van der Waals surface area contributed by atoms with Crippen molar-refractivity contribution in [2.24, 2.45) is 7.05 Å². The number of fused-ring (bicyclic) bond motifs is 1. The van der Waals surface area contributed by atoms with Gasteiger partial charge in [-0.3, -0.25) is 4.68 Å². The Morgan fingerprint density at radius 3 is 2.38 bits per heavy atom. The number of hydrogen-bond donors (Lipinski definition) is 0. The molecule has 0 fully saturated rings. The van der Waals surface area contributed by atoms with Crippen LogP contribution in [0.4, 0.5) is 0 Å². The van der Waals surface area contributed by atoms with Gasteiger partial charge in [-0.25, -0.2) is 4.68 Å². The highest BCUT2D eigenvalue weighted by Gasteiger charge is 2.17. The van der Waals surface area contributed by atoms with Crippen LogP contribution >= 0.6 is 0 Å². The predicted molar refractivity (Wildman–Crippen MR) is 97.7 cm³/mol. The van der Waals surface area contributed by atoms with Gasteiger partial charge in [-0.1, -0.05) is 34.6 Å². The first-order valence-electron chi connectivity index (χ1n) is 9.14. The standard InChI is InChI=1S/C10H18N2O.C9H14N2/c1-5-6-13-10-9(8(2)3)7-11-12(10)4;1-7(2)8-6-10-11-5-3-4-9(8)11/h7-8H,5-6H2,1-4H3;6-7H,3-5H2,1-2H3. The van der Waals surface area contributed by atoms with Gasteiger partial charge in [0.2, 0.25) is 5.88 Å². The summed E-state index contributed by atoms with van der Waals surface area (Å²) in [6.07, 6.45) is 7.45. The van der Waals surface area contributed by atoms with E-state index in [1.54, 1.807) is 4.68 Å². The van der Waals surface area contributed by atoms with E-state index in [0.717, 1.165) is 25.5 Å². The first-order chi connectivity index (χ1) is 11.5. The van der Waals surface area contributed by atoms with Crippen LogP contribution in [0, 0.1) is 0 Å². The zero-order valence-electron chi connectivity index (χ0n) is 16.0. The molecule has 0 bridgehead atoms. The van der Waals surface area contributed by atoms with Crippen LogP contribution in [0.1, 0.15) is 76.1 Å². The number of hydrogen-bond acceptors (Lipinski definition) is 3. The van der Waals surface area contributed by atoms with E-state index in [4.69, 9.17) is 4.74 Å². The van der Waals surface area contributed by atoms with Gasteiger partial charge in [0.1, 0.15) is 0 Å². The van der Waals surface area contributed by atoms with Crippen molar-refractivity contribution in [3.05, 3.63) is 29.2 Å². The Morgan fingerprint density at radius 1 is 1.08 bits per heavy atom. The normalized spacial score (nSPS) is 13.2. The molecule has 3 rings (SSSR count). The molecule has 0 atom stereocenters. The molecule has 2 aromatic rings. The molecule has 24 heavy (non-hydrogen) atoms. The lowest BCUT2D eigenvalue weighted by Crippen LogP contribution is -2.03. The van der Waals surface area contributed by atoms with Gasteiger partial charge in [-0.2, -0.15) is 10.2 Å². The summed E-state index contributed by atoms with van der Waals surface area (Å²) in [4.78, 5) is 0. The molecule has 0 radical (unpaired) electrons. The average Bonchev–Trinajstić information content (AvgIpc) is 3.20. The van der Waals surface area contributed by atoms with Gasteiger partial charge < -0.3 is 4.74 Å². The molecular weight excluding hydrogens is 300 g/mol. The van der Waals surface area contributed by atoms with Gasteiger partial charge in [0, 0.05) is 24.8 Å². The first-order valence-corrected chi connectivity index (χ1v) is 9.14. The minimum absolute atomic E-state index is 0.473. The van der Waals surface area contributed by atoms with E-state index in [1.165, 1.54) is 29.7 Å². The molecular formula is C19H32N4O. The summed E-state index contributed by atoms with van der Waals surface area (Å²) in [6.45, 7) is 12.8. The Balaban J connectivity index is 0.000000175. The molecule has 2 aromatic heterocycles. The van der Waals surface area contributed by atoms with Gasteiger partial charge in [0.25, 0.3) is 0 Å². The van der Waals surface area contributed by atoms with Crippen molar-refractivity contribution >= 4 is 0 Å². The van der Waals surface area contributed by atoms with Crippen LogP contribution in [0.2, 0.25) is 0 Å². The number of aryl methyl sites for hydroxylation is 2. The number of rotatable bonds is 5. The van der Waals surface area contributed by atoms with Crippen LogP contribution in [0.25, 0.3) is 0 Å². The summed E-state index contributed by atoms with van der Waals surface area (Å²) in [5.74, 6) is 2.02. The maximum absolute atomic E-state index is 5.62. The lowest BCUT2D eigenvalue weighted by atomic mass is 10.0. The van der Waals surface area contributed by atoms with E-state index in [9.17, 15) is 0 Å². The molecule has 0 spiro atoms. The van der Waals surface area contributed by atoms with Crippen molar-refractivity contribution in [2.75, 3.05) is 6.61 Å². The van der Waals surface area contributed by atoms with Crippen molar-refractivity contribution in [1.82, 2.24) is 19.6 Å². The molecule has 0 saturated carbocycles. The minimum Gasteiger partial charge on any atom is -0.478 e. The van der Waals surface area contributed by atoms with Crippen LogP contribution in [-0.2, 0) is 20.0 Å². The predicted octanol–water partition coefficient (Wildman–Crippen LogP) is 4.29. The molecule has 5 heteroatoms. The zero-order valence-corrected chi connectivity index (χ0v) is 16.0. The van der Waals surface area contributed by atoms with E-state index < -0.39 is 0 Å². The van der Waals surface area contributed by atoms with Crippen LogP contribution in [0.15, 0.2) is 12.4 Å². The maximum Gasteiger partial charge on any atom is 0.215 e. The lowest BCUT2D eigenvalue weighted by molar-refractivity contribution is 0.286. The molecule has 134 valence electrons. The molecule has 3 heterocycles. The molecule has 0 unspecified atom stereocenters. The minimum atomic E-state index is 0.473. The summed E-state index contributed by atoms with van der Waals surface area (Å²) in [7, 11) is 1.91. The van der Waals surface area contributed by atoms with Gasteiger partial charge in [0.15, 0.2) is 0 Å². The zero-order chi connectivity index (χ0) is 17.7. The van der Waals surface area contributed by atoms with Crippen molar-refractivity contribution < 1.29 is 4.74 Å². The average molecular weight is 332 g/mol. The largest absolute Gasteiger partial charge is 0.478 e. The first kappa shape index (κ1) is 18.6. The van der Waals surface area contributed by atoms with Gasteiger partial charge in [0.05, 0.1) is 19.0 Å². The smallest absolute Gasteiger partial charge is 0.215 e. The fraction of sp³-hybridized carbons (Fsp3) is 0.684. The summed E-state index contributed by atoms with van der Waals surface area (Å²) in [5.41, 5.74) is 4.11.